The quantitative estimate of drug-likeness (QED) is 0.535. The molecule has 0 unspecified atom stereocenters. The average Bonchev–Trinajstić information content (AvgIpc) is 3.24. The minimum absolute atomic E-state index is 0.0776. The van der Waals surface area contributed by atoms with Crippen LogP contribution in [0.4, 0.5) is 5.82 Å². The molecule has 140 valence electrons. The first-order chi connectivity index (χ1) is 13.6. The van der Waals surface area contributed by atoms with E-state index in [9.17, 15) is 8.42 Å². The third kappa shape index (κ3) is 3.96. The van der Waals surface area contributed by atoms with Gasteiger partial charge in [-0.05, 0) is 36.4 Å². The summed E-state index contributed by atoms with van der Waals surface area (Å²) in [7, 11) is -3.83. The van der Waals surface area contributed by atoms with E-state index < -0.39 is 10.0 Å². The summed E-state index contributed by atoms with van der Waals surface area (Å²) in [5, 5.41) is 3.95. The molecule has 0 spiro atoms. The van der Waals surface area contributed by atoms with Gasteiger partial charge in [0.1, 0.15) is 36.3 Å². The lowest BCUT2D eigenvalue weighted by molar-refractivity contribution is 0.482. The van der Waals surface area contributed by atoms with E-state index in [0.29, 0.717) is 17.3 Å². The first kappa shape index (κ1) is 17.6. The maximum atomic E-state index is 12.6. The second kappa shape index (κ2) is 7.45. The number of benzene rings is 2. The van der Waals surface area contributed by atoms with Crippen molar-refractivity contribution in [2.24, 2.45) is 0 Å². The Kier molecular flexibility index (Phi) is 4.68. The van der Waals surface area contributed by atoms with Gasteiger partial charge in [-0.15, -0.1) is 0 Å². The van der Waals surface area contributed by atoms with Crippen LogP contribution in [0.1, 0.15) is 0 Å². The second-order valence-electron chi connectivity index (χ2n) is 5.59. The van der Waals surface area contributed by atoms with Gasteiger partial charge in [-0.25, -0.2) is 28.1 Å². The predicted octanol–water partition coefficient (Wildman–Crippen LogP) is 2.65. The predicted molar refractivity (Wildman–Crippen MR) is 101 cm³/mol. The van der Waals surface area contributed by atoms with Crippen LogP contribution in [-0.4, -0.2) is 33.2 Å². The molecule has 1 N–H and O–H groups in total. The van der Waals surface area contributed by atoms with E-state index in [4.69, 9.17) is 4.74 Å². The number of rotatable bonds is 6. The number of sulfonamides is 1. The van der Waals surface area contributed by atoms with Crippen molar-refractivity contribution in [1.82, 2.24) is 24.7 Å². The van der Waals surface area contributed by atoms with Gasteiger partial charge in [0.05, 0.1) is 4.90 Å². The van der Waals surface area contributed by atoms with E-state index in [-0.39, 0.29) is 10.7 Å². The summed E-state index contributed by atoms with van der Waals surface area (Å²) in [4.78, 5) is 11.9. The van der Waals surface area contributed by atoms with E-state index in [1.54, 1.807) is 12.1 Å². The van der Waals surface area contributed by atoms with Gasteiger partial charge in [-0.3, -0.25) is 4.72 Å². The van der Waals surface area contributed by atoms with Crippen LogP contribution < -0.4 is 9.46 Å². The van der Waals surface area contributed by atoms with Gasteiger partial charge < -0.3 is 4.74 Å². The van der Waals surface area contributed by atoms with E-state index >= 15 is 0 Å². The molecule has 2 heterocycles. The minimum atomic E-state index is -3.83. The highest BCUT2D eigenvalue weighted by Gasteiger charge is 2.16. The monoisotopic (exact) mass is 394 g/mol. The second-order valence-corrected chi connectivity index (χ2v) is 7.28. The standard InChI is InChI=1S/C18H14N6O3S/c25-28(26,23-17-10-18(21-12-20-17)24-13-19-11-22-24)16-8-6-15(7-9-16)27-14-4-2-1-3-5-14/h1-13H,(H,20,21,23). The van der Waals surface area contributed by atoms with Crippen molar-refractivity contribution in [2.45, 2.75) is 4.90 Å². The third-order valence-electron chi connectivity index (χ3n) is 3.66. The van der Waals surface area contributed by atoms with Crippen molar-refractivity contribution in [2.75, 3.05) is 4.72 Å². The third-order valence-corrected chi connectivity index (χ3v) is 5.03. The number of para-hydroxylation sites is 1. The number of ether oxygens (including phenoxy) is 1. The largest absolute Gasteiger partial charge is 0.457 e. The molecule has 0 atom stereocenters. The first-order valence-electron chi connectivity index (χ1n) is 8.13. The smallest absolute Gasteiger partial charge is 0.263 e. The Balaban J connectivity index is 1.51. The SMILES string of the molecule is O=S(=O)(Nc1cc(-n2cncn2)ncn1)c1ccc(Oc2ccccc2)cc1. The summed E-state index contributed by atoms with van der Waals surface area (Å²) in [5.41, 5.74) is 0. The average molecular weight is 394 g/mol. The molecule has 0 fully saturated rings. The molecule has 0 saturated carbocycles. The van der Waals surface area contributed by atoms with Gasteiger partial charge in [-0.2, -0.15) is 5.10 Å². The molecule has 0 aliphatic rings. The molecule has 0 aliphatic carbocycles. The Bertz CT molecular complexity index is 1160. The van der Waals surface area contributed by atoms with Crippen LogP contribution in [0.25, 0.3) is 5.82 Å². The fraction of sp³-hybridized carbons (Fsp3) is 0. The van der Waals surface area contributed by atoms with E-state index in [1.165, 1.54) is 41.9 Å². The fourth-order valence-electron chi connectivity index (χ4n) is 2.36. The highest BCUT2D eigenvalue weighted by atomic mass is 32.2. The molecule has 10 heteroatoms. The lowest BCUT2D eigenvalue weighted by Crippen LogP contribution is -2.14. The maximum absolute atomic E-state index is 12.6. The number of aromatic nitrogens is 5. The van der Waals surface area contributed by atoms with Gasteiger partial charge in [-0.1, -0.05) is 18.2 Å². The molecule has 4 aromatic rings. The summed E-state index contributed by atoms with van der Waals surface area (Å²) in [5.74, 6) is 1.69. The molecule has 2 aromatic carbocycles. The Hall–Kier alpha value is -3.79. The van der Waals surface area contributed by atoms with Crippen LogP contribution in [0.3, 0.4) is 0 Å². The Labute approximate surface area is 160 Å². The van der Waals surface area contributed by atoms with Crippen LogP contribution in [0.2, 0.25) is 0 Å². The molecule has 9 nitrogen and oxygen atoms in total. The van der Waals surface area contributed by atoms with Crippen molar-refractivity contribution >= 4 is 15.8 Å². The Morgan fingerprint density at radius 1 is 0.893 bits per heavy atom. The van der Waals surface area contributed by atoms with Gasteiger partial charge in [0, 0.05) is 6.07 Å². The van der Waals surface area contributed by atoms with Crippen LogP contribution in [0, 0.1) is 0 Å². The van der Waals surface area contributed by atoms with Crippen molar-refractivity contribution in [1.29, 1.82) is 0 Å². The maximum Gasteiger partial charge on any atom is 0.263 e. The van der Waals surface area contributed by atoms with Crippen LogP contribution >= 0.6 is 0 Å². The molecule has 0 amide bonds. The molecular formula is C18H14N6O3S. The van der Waals surface area contributed by atoms with Crippen molar-refractivity contribution < 1.29 is 13.2 Å². The lowest BCUT2D eigenvalue weighted by Gasteiger charge is -2.09. The molecule has 0 saturated heterocycles. The van der Waals surface area contributed by atoms with E-state index in [1.807, 2.05) is 30.3 Å². The fourth-order valence-corrected chi connectivity index (χ4v) is 3.36. The van der Waals surface area contributed by atoms with Gasteiger partial charge in [0.25, 0.3) is 10.0 Å². The number of anilines is 1. The summed E-state index contributed by atoms with van der Waals surface area (Å²) < 4.78 is 34.7. The zero-order chi connectivity index (χ0) is 19.4. The highest BCUT2D eigenvalue weighted by molar-refractivity contribution is 7.92. The molecule has 0 aliphatic heterocycles. The zero-order valence-corrected chi connectivity index (χ0v) is 15.2. The molecule has 0 radical (unpaired) electrons. The van der Waals surface area contributed by atoms with Gasteiger partial charge in [0.15, 0.2) is 5.82 Å². The summed E-state index contributed by atoms with van der Waals surface area (Å²) >= 11 is 0. The van der Waals surface area contributed by atoms with Crippen molar-refractivity contribution in [3.05, 3.63) is 79.6 Å². The number of hydrogen-bond donors (Lipinski definition) is 1. The minimum Gasteiger partial charge on any atom is -0.457 e. The highest BCUT2D eigenvalue weighted by Crippen LogP contribution is 2.23. The van der Waals surface area contributed by atoms with E-state index in [0.717, 1.165) is 0 Å². The lowest BCUT2D eigenvalue weighted by atomic mass is 10.3. The molecule has 2 aromatic heterocycles. The Morgan fingerprint density at radius 2 is 1.64 bits per heavy atom. The summed E-state index contributed by atoms with van der Waals surface area (Å²) in [6, 6.07) is 16.8. The van der Waals surface area contributed by atoms with Crippen LogP contribution in [-0.2, 0) is 10.0 Å². The normalized spacial score (nSPS) is 11.1. The van der Waals surface area contributed by atoms with Crippen LogP contribution in [0.5, 0.6) is 11.5 Å². The number of nitrogens with one attached hydrogen (secondary N) is 1. The van der Waals surface area contributed by atoms with Crippen molar-refractivity contribution in [3.8, 4) is 17.3 Å². The number of hydrogen-bond acceptors (Lipinski definition) is 7. The van der Waals surface area contributed by atoms with Gasteiger partial charge >= 0.3 is 0 Å². The van der Waals surface area contributed by atoms with Gasteiger partial charge in [0.2, 0.25) is 0 Å². The van der Waals surface area contributed by atoms with Crippen molar-refractivity contribution in [3.63, 3.8) is 0 Å². The molecule has 28 heavy (non-hydrogen) atoms. The topological polar surface area (TPSA) is 112 Å². The summed E-state index contributed by atoms with van der Waals surface area (Å²) in [6.07, 6.45) is 4.04. The first-order valence-corrected chi connectivity index (χ1v) is 9.61. The summed E-state index contributed by atoms with van der Waals surface area (Å²) in [6.45, 7) is 0. The van der Waals surface area contributed by atoms with Crippen LogP contribution in [0.15, 0.2) is 84.5 Å². The van der Waals surface area contributed by atoms with E-state index in [2.05, 4.69) is 24.8 Å². The number of nitrogens with zero attached hydrogens (tertiary/aromatic N) is 5. The molecular weight excluding hydrogens is 380 g/mol. The Morgan fingerprint density at radius 3 is 2.36 bits per heavy atom. The zero-order valence-electron chi connectivity index (χ0n) is 14.4. The molecule has 0 bridgehead atoms. The molecule has 4 rings (SSSR count).